The molecule has 1 unspecified atom stereocenters. The SMILES string of the molecule is C[C@@H](CSCC(=O)NCCNC(=O)COCCOCCNC(=O)COCCOCCNC(=O)CC[C@H](NC(O)CCCCCCCCCCCCCCC(=O)O)C(=O)O)C(=O)S. The molecule has 360 valence electrons. The molecule has 0 saturated carbocycles. The highest BCUT2D eigenvalue weighted by molar-refractivity contribution is 8.00. The van der Waals surface area contributed by atoms with Crippen LogP contribution in [0.25, 0.3) is 0 Å². The largest absolute Gasteiger partial charge is 0.481 e. The number of hydrogen-bond acceptors (Lipinski definition) is 14. The van der Waals surface area contributed by atoms with Gasteiger partial charge in [0.05, 0.1) is 45.4 Å². The van der Waals surface area contributed by atoms with E-state index in [4.69, 9.17) is 24.1 Å². The van der Waals surface area contributed by atoms with Crippen molar-refractivity contribution in [3.05, 3.63) is 0 Å². The lowest BCUT2D eigenvalue weighted by molar-refractivity contribution is -0.141. The van der Waals surface area contributed by atoms with E-state index in [1.165, 1.54) is 31.0 Å². The van der Waals surface area contributed by atoms with E-state index in [-0.39, 0.29) is 139 Å². The zero-order valence-electron chi connectivity index (χ0n) is 36.6. The summed E-state index contributed by atoms with van der Waals surface area (Å²) in [5.74, 6) is -2.56. The van der Waals surface area contributed by atoms with Crippen LogP contribution < -0.4 is 26.6 Å². The molecule has 0 bridgehead atoms. The number of aliphatic carboxylic acids is 2. The number of rotatable bonds is 45. The summed E-state index contributed by atoms with van der Waals surface area (Å²) in [4.78, 5) is 81.0. The minimum absolute atomic E-state index is 0.0223. The van der Waals surface area contributed by atoms with E-state index in [0.29, 0.717) is 12.2 Å². The zero-order valence-corrected chi connectivity index (χ0v) is 38.3. The van der Waals surface area contributed by atoms with Gasteiger partial charge in [0.25, 0.3) is 0 Å². The molecule has 0 rings (SSSR count). The molecule has 0 heterocycles. The smallest absolute Gasteiger partial charge is 0.320 e. The van der Waals surface area contributed by atoms with Crippen molar-refractivity contribution < 1.29 is 67.8 Å². The minimum Gasteiger partial charge on any atom is -0.481 e. The second-order valence-electron chi connectivity index (χ2n) is 14.8. The van der Waals surface area contributed by atoms with Crippen molar-refractivity contribution in [3.63, 3.8) is 0 Å². The van der Waals surface area contributed by atoms with E-state index in [1.54, 1.807) is 6.92 Å². The van der Waals surface area contributed by atoms with Crippen LogP contribution in [-0.4, -0.2) is 159 Å². The van der Waals surface area contributed by atoms with Crippen LogP contribution >= 0.6 is 24.4 Å². The van der Waals surface area contributed by atoms with Crippen molar-refractivity contribution in [2.45, 2.75) is 122 Å². The average molecular weight is 926 g/mol. The van der Waals surface area contributed by atoms with Gasteiger partial charge in [-0.2, -0.15) is 11.8 Å². The number of unbranched alkanes of at least 4 members (excludes halogenated alkanes) is 11. The van der Waals surface area contributed by atoms with Gasteiger partial charge in [-0.3, -0.25) is 38.9 Å². The third-order valence-corrected chi connectivity index (χ3v) is 10.8. The Morgan fingerprint density at radius 2 is 1.00 bits per heavy atom. The van der Waals surface area contributed by atoms with Gasteiger partial charge in [0.2, 0.25) is 23.6 Å². The number of thioether (sulfide) groups is 1. The van der Waals surface area contributed by atoms with E-state index in [9.17, 15) is 43.8 Å². The first-order valence-corrected chi connectivity index (χ1v) is 23.5. The molecule has 0 aliphatic heterocycles. The molecule has 0 saturated heterocycles. The van der Waals surface area contributed by atoms with Crippen LogP contribution in [0, 0.1) is 5.92 Å². The van der Waals surface area contributed by atoms with Crippen LogP contribution in [0.15, 0.2) is 0 Å². The fourth-order valence-corrected chi connectivity index (χ4v) is 6.72. The number of amides is 4. The van der Waals surface area contributed by atoms with Crippen molar-refractivity contribution in [2.75, 3.05) is 90.5 Å². The normalized spacial score (nSPS) is 12.6. The van der Waals surface area contributed by atoms with Gasteiger partial charge >= 0.3 is 11.9 Å². The Morgan fingerprint density at radius 3 is 1.50 bits per heavy atom. The van der Waals surface area contributed by atoms with Gasteiger partial charge in [-0.05, 0) is 25.7 Å². The molecule has 4 amide bonds. The molecule has 0 fully saturated rings. The predicted molar refractivity (Wildman–Crippen MR) is 238 cm³/mol. The van der Waals surface area contributed by atoms with Gasteiger partial charge in [-0.15, -0.1) is 12.6 Å². The lowest BCUT2D eigenvalue weighted by Gasteiger charge is -2.19. The summed E-state index contributed by atoms with van der Waals surface area (Å²) in [5.41, 5.74) is 0. The zero-order chi connectivity index (χ0) is 46.1. The molecule has 0 aliphatic rings. The van der Waals surface area contributed by atoms with Crippen molar-refractivity contribution in [1.29, 1.82) is 0 Å². The number of carboxylic acids is 2. The molecule has 19 nitrogen and oxygen atoms in total. The molecular formula is C41H75N5O14S2. The number of aliphatic hydroxyl groups is 1. The van der Waals surface area contributed by atoms with E-state index < -0.39 is 24.2 Å². The van der Waals surface area contributed by atoms with Crippen molar-refractivity contribution in [2.24, 2.45) is 5.92 Å². The average Bonchev–Trinajstić information content (AvgIpc) is 3.22. The molecule has 0 aliphatic carbocycles. The Morgan fingerprint density at radius 1 is 0.548 bits per heavy atom. The Balaban J connectivity index is 3.66. The van der Waals surface area contributed by atoms with Crippen molar-refractivity contribution in [1.82, 2.24) is 26.6 Å². The summed E-state index contributed by atoms with van der Waals surface area (Å²) in [5, 5.41) is 41.6. The van der Waals surface area contributed by atoms with Crippen molar-refractivity contribution in [3.8, 4) is 0 Å². The van der Waals surface area contributed by atoms with Crippen LogP contribution in [-0.2, 0) is 52.5 Å². The summed E-state index contributed by atoms with van der Waals surface area (Å²) >= 11 is 5.10. The molecule has 0 aromatic carbocycles. The van der Waals surface area contributed by atoms with Crippen LogP contribution in [0.5, 0.6) is 0 Å². The van der Waals surface area contributed by atoms with E-state index in [2.05, 4.69) is 39.2 Å². The Hall–Kier alpha value is -3.05. The lowest BCUT2D eigenvalue weighted by Crippen LogP contribution is -2.44. The number of thiol groups is 1. The summed E-state index contributed by atoms with van der Waals surface area (Å²) in [7, 11) is 0. The third-order valence-electron chi connectivity index (χ3n) is 9.11. The first-order chi connectivity index (χ1) is 29.8. The van der Waals surface area contributed by atoms with Crippen LogP contribution in [0.2, 0.25) is 0 Å². The summed E-state index contributed by atoms with van der Waals surface area (Å²) < 4.78 is 21.3. The second-order valence-corrected chi connectivity index (χ2v) is 16.2. The molecule has 21 heteroatoms. The number of nitrogens with one attached hydrogen (secondary N) is 5. The van der Waals surface area contributed by atoms with Gasteiger partial charge < -0.3 is 55.5 Å². The number of carbonyl (C=O) groups excluding carboxylic acids is 5. The monoisotopic (exact) mass is 925 g/mol. The number of carbonyl (C=O) groups is 7. The molecule has 8 N–H and O–H groups in total. The quantitative estimate of drug-likeness (QED) is 0.0240. The summed E-state index contributed by atoms with van der Waals surface area (Å²) in [6.45, 7) is 3.58. The maximum Gasteiger partial charge on any atom is 0.320 e. The van der Waals surface area contributed by atoms with E-state index in [0.717, 1.165) is 57.8 Å². The summed E-state index contributed by atoms with van der Waals surface area (Å²) in [6, 6.07) is -1.05. The molecule has 0 radical (unpaired) electrons. The summed E-state index contributed by atoms with van der Waals surface area (Å²) in [6.07, 6.45) is 12.3. The van der Waals surface area contributed by atoms with Gasteiger partial charge in [0.1, 0.15) is 25.5 Å². The Bertz CT molecular complexity index is 1240. The molecule has 0 aromatic rings. The van der Waals surface area contributed by atoms with Gasteiger partial charge in [0, 0.05) is 50.7 Å². The van der Waals surface area contributed by atoms with Gasteiger partial charge in [-0.1, -0.05) is 71.1 Å². The van der Waals surface area contributed by atoms with Crippen LogP contribution in [0.4, 0.5) is 0 Å². The maximum absolute atomic E-state index is 12.2. The Labute approximate surface area is 376 Å². The van der Waals surface area contributed by atoms with Gasteiger partial charge in [0.15, 0.2) is 5.12 Å². The molecule has 62 heavy (non-hydrogen) atoms. The topological polar surface area (TPSA) is 277 Å². The molecular weight excluding hydrogens is 851 g/mol. The lowest BCUT2D eigenvalue weighted by atomic mass is 10.0. The highest BCUT2D eigenvalue weighted by Gasteiger charge is 2.21. The standard InChI is InChI=1S/C41H75N5O14S2/c1-32(41(56)61)30-62-31-38(51)43-19-18-42-36(49)28-59-26-25-58-23-21-45-37(50)29-60-27-24-57-22-20-44-34(47)17-16-33(40(54)55)46-35(48)14-12-10-8-6-4-2-3-5-7-9-11-13-15-39(52)53/h32-33,35,46,48H,2-31H2,1H3,(H,42,49)(H,43,51)(H,44,47)(H,45,50)(H,52,53)(H,54,55)(H,56,61)/t32-,33-,35?/m0/s1. The number of hydrogen-bond donors (Lipinski definition) is 9. The first-order valence-electron chi connectivity index (χ1n) is 21.9. The maximum atomic E-state index is 12.2. The van der Waals surface area contributed by atoms with Crippen molar-refractivity contribution >= 4 is 65.1 Å². The fourth-order valence-electron chi connectivity index (χ4n) is 5.59. The Kier molecular flexibility index (Phi) is 39.9. The molecule has 3 atom stereocenters. The molecule has 0 spiro atoms. The first kappa shape index (κ1) is 58.9. The van der Waals surface area contributed by atoms with Gasteiger partial charge in [-0.25, -0.2) is 0 Å². The van der Waals surface area contributed by atoms with Crippen LogP contribution in [0.1, 0.15) is 110 Å². The van der Waals surface area contributed by atoms with E-state index >= 15 is 0 Å². The number of carboxylic acid groups (broad SMARTS) is 2. The third kappa shape index (κ3) is 41.0. The number of aliphatic hydroxyl groups excluding tert-OH is 1. The highest BCUT2D eigenvalue weighted by Crippen LogP contribution is 2.14. The van der Waals surface area contributed by atoms with E-state index in [1.807, 2.05) is 0 Å². The fraction of sp³-hybridized carbons (Fsp3) is 0.829. The highest BCUT2D eigenvalue weighted by atomic mass is 32.2. The molecule has 0 aromatic heterocycles. The second kappa shape index (κ2) is 41.9. The van der Waals surface area contributed by atoms with Crippen LogP contribution in [0.3, 0.4) is 0 Å². The number of ether oxygens (including phenoxy) is 4. The minimum atomic E-state index is -1.13. The predicted octanol–water partition coefficient (Wildman–Crippen LogP) is 2.03.